The van der Waals surface area contributed by atoms with Crippen LogP contribution in [0.15, 0.2) is 42.7 Å². The number of carbonyl (C=O) groups excluding carboxylic acids is 2. The Morgan fingerprint density at radius 2 is 1.92 bits per heavy atom. The first-order chi connectivity index (χ1) is 18.4. The van der Waals surface area contributed by atoms with Gasteiger partial charge in [-0.2, -0.15) is 18.3 Å². The Balaban J connectivity index is 1.49. The van der Waals surface area contributed by atoms with Gasteiger partial charge in [-0.1, -0.05) is 11.6 Å². The molecule has 14 heteroatoms. The molecule has 2 heterocycles. The van der Waals surface area contributed by atoms with Crippen LogP contribution in [0.4, 0.5) is 28.9 Å². The highest BCUT2D eigenvalue weighted by Gasteiger charge is 2.35. The lowest BCUT2D eigenvalue weighted by atomic mass is 10.2. The number of hydrogen-bond acceptors (Lipinski definition) is 6. The van der Waals surface area contributed by atoms with E-state index in [1.807, 2.05) is 11.0 Å². The second-order valence-corrected chi connectivity index (χ2v) is 9.25. The summed E-state index contributed by atoms with van der Waals surface area (Å²) in [7, 11) is 1.52. The minimum absolute atomic E-state index is 0.0429. The van der Waals surface area contributed by atoms with Crippen molar-refractivity contribution >= 4 is 34.8 Å². The molecule has 1 aromatic heterocycles. The Bertz CT molecular complexity index is 1370. The molecule has 9 nitrogen and oxygen atoms in total. The molecule has 39 heavy (non-hydrogen) atoms. The van der Waals surface area contributed by atoms with Gasteiger partial charge in [-0.3, -0.25) is 9.59 Å². The molecular formula is C25H25ClF4N6O3. The number of hydrogen-bond donors (Lipinski definition) is 0. The van der Waals surface area contributed by atoms with E-state index in [0.717, 1.165) is 23.9 Å². The van der Waals surface area contributed by atoms with Crippen LogP contribution >= 0.6 is 11.6 Å². The molecule has 1 fully saturated rings. The molecule has 3 aromatic rings. The van der Waals surface area contributed by atoms with Crippen molar-refractivity contribution in [3.05, 3.63) is 59.4 Å². The maximum Gasteiger partial charge on any atom is 0.406 e. The van der Waals surface area contributed by atoms with Gasteiger partial charge in [0.2, 0.25) is 11.8 Å². The molecule has 208 valence electrons. The van der Waals surface area contributed by atoms with Gasteiger partial charge in [-0.25, -0.2) is 14.1 Å². The fourth-order valence-electron chi connectivity index (χ4n) is 4.21. The zero-order valence-electron chi connectivity index (χ0n) is 21.1. The fourth-order valence-corrected chi connectivity index (χ4v) is 4.39. The van der Waals surface area contributed by atoms with Crippen LogP contribution in [0.3, 0.4) is 0 Å². The second-order valence-electron chi connectivity index (χ2n) is 8.84. The highest BCUT2D eigenvalue weighted by molar-refractivity contribution is 6.31. The van der Waals surface area contributed by atoms with Gasteiger partial charge in [0.1, 0.15) is 42.5 Å². The van der Waals surface area contributed by atoms with E-state index in [4.69, 9.17) is 16.3 Å². The normalized spacial score (nSPS) is 14.4. The molecule has 0 radical (unpaired) electrons. The molecule has 0 aliphatic carbocycles. The van der Waals surface area contributed by atoms with E-state index in [9.17, 15) is 27.2 Å². The average molecular weight is 569 g/mol. The average Bonchev–Trinajstić information content (AvgIpc) is 3.24. The fraction of sp³-hybridized carbons (Fsp3) is 0.360. The Morgan fingerprint density at radius 3 is 2.56 bits per heavy atom. The smallest absolute Gasteiger partial charge is 0.406 e. The first kappa shape index (κ1) is 28.1. The van der Waals surface area contributed by atoms with Crippen molar-refractivity contribution in [2.24, 2.45) is 0 Å². The summed E-state index contributed by atoms with van der Waals surface area (Å²) >= 11 is 5.73. The van der Waals surface area contributed by atoms with Crippen LogP contribution in [0.25, 0.3) is 5.69 Å². The van der Waals surface area contributed by atoms with E-state index < -0.39 is 36.0 Å². The van der Waals surface area contributed by atoms with Gasteiger partial charge in [0, 0.05) is 43.5 Å². The molecule has 0 atom stereocenters. The van der Waals surface area contributed by atoms with Crippen LogP contribution < -0.4 is 14.5 Å². The molecule has 4 rings (SSSR count). The van der Waals surface area contributed by atoms with Crippen LogP contribution in [0.2, 0.25) is 5.02 Å². The summed E-state index contributed by atoms with van der Waals surface area (Å²) in [5, 5.41) is 3.87. The summed E-state index contributed by atoms with van der Waals surface area (Å²) in [5.74, 6) is -1.05. The Hall–Kier alpha value is -3.87. The first-order valence-electron chi connectivity index (χ1n) is 11.9. The number of nitrogens with zero attached hydrogens (tertiary/aromatic N) is 6. The molecule has 0 unspecified atom stereocenters. The lowest BCUT2D eigenvalue weighted by molar-refractivity contribution is -0.137. The number of benzene rings is 2. The second kappa shape index (κ2) is 11.5. The summed E-state index contributed by atoms with van der Waals surface area (Å²) < 4.78 is 60.5. The summed E-state index contributed by atoms with van der Waals surface area (Å²) in [6.45, 7) is 0.325. The number of aromatic nitrogens is 3. The SMILES string of the molecule is COc1cc(N2CCC(=O)N(CC(=O)N(CC(F)(F)F)c3ccc(F)c(Cl)c3)CC2)ccc1-n1cnc(C)n1. The zero-order valence-corrected chi connectivity index (χ0v) is 21.8. The Morgan fingerprint density at radius 1 is 1.15 bits per heavy atom. The highest BCUT2D eigenvalue weighted by Crippen LogP contribution is 2.30. The van der Waals surface area contributed by atoms with Crippen LogP contribution in [0.5, 0.6) is 5.75 Å². The summed E-state index contributed by atoms with van der Waals surface area (Å²) in [5.41, 5.74) is 1.21. The maximum atomic E-state index is 13.6. The number of amides is 2. The quantitative estimate of drug-likeness (QED) is 0.401. The lowest BCUT2D eigenvalue weighted by Crippen LogP contribution is -2.46. The molecule has 1 aliphatic rings. The van der Waals surface area contributed by atoms with Gasteiger partial charge in [0.05, 0.1) is 12.1 Å². The molecule has 2 amide bonds. The Labute approximate surface area is 226 Å². The van der Waals surface area contributed by atoms with Gasteiger partial charge in [0.15, 0.2) is 0 Å². The van der Waals surface area contributed by atoms with E-state index >= 15 is 0 Å². The van der Waals surface area contributed by atoms with Crippen molar-refractivity contribution in [2.45, 2.75) is 19.5 Å². The summed E-state index contributed by atoms with van der Waals surface area (Å²) in [4.78, 5) is 33.6. The molecule has 0 spiro atoms. The number of methoxy groups -OCH3 is 1. The lowest BCUT2D eigenvalue weighted by Gasteiger charge is -2.28. The van der Waals surface area contributed by atoms with Crippen LogP contribution in [0, 0.1) is 12.7 Å². The van der Waals surface area contributed by atoms with Crippen molar-refractivity contribution in [2.75, 3.05) is 49.6 Å². The van der Waals surface area contributed by atoms with Gasteiger partial charge < -0.3 is 19.4 Å². The predicted molar refractivity (Wildman–Crippen MR) is 136 cm³/mol. The maximum absolute atomic E-state index is 13.6. The number of halogens is 5. The molecule has 0 N–H and O–H groups in total. The number of ether oxygens (including phenoxy) is 1. The molecular weight excluding hydrogens is 544 g/mol. The minimum Gasteiger partial charge on any atom is -0.494 e. The van der Waals surface area contributed by atoms with E-state index in [1.165, 1.54) is 12.0 Å². The van der Waals surface area contributed by atoms with Crippen molar-refractivity contribution in [3.63, 3.8) is 0 Å². The zero-order chi connectivity index (χ0) is 28.3. The number of rotatable bonds is 7. The standard InChI is InChI=1S/C25H25ClF4N6O3/c1-16-31-15-36(32-16)21-6-4-17(12-22(21)39-2)33-8-7-23(37)34(10-9-33)13-24(38)35(14-25(28,29)30)18-3-5-20(27)19(26)11-18/h3-6,11-12,15H,7-10,13-14H2,1-2H3. The van der Waals surface area contributed by atoms with Gasteiger partial charge in [-0.15, -0.1) is 0 Å². The highest BCUT2D eigenvalue weighted by atomic mass is 35.5. The van der Waals surface area contributed by atoms with Gasteiger partial charge >= 0.3 is 6.18 Å². The third kappa shape index (κ3) is 6.77. The summed E-state index contributed by atoms with van der Waals surface area (Å²) in [6.07, 6.45) is -3.12. The largest absolute Gasteiger partial charge is 0.494 e. The molecule has 0 saturated carbocycles. The third-order valence-electron chi connectivity index (χ3n) is 6.15. The van der Waals surface area contributed by atoms with E-state index in [-0.39, 0.29) is 24.6 Å². The molecule has 0 bridgehead atoms. The number of aryl methyl sites for hydroxylation is 1. The molecule has 1 aliphatic heterocycles. The number of carbonyl (C=O) groups is 2. The summed E-state index contributed by atoms with van der Waals surface area (Å²) in [6, 6.07) is 8.30. The first-order valence-corrected chi connectivity index (χ1v) is 12.2. The number of anilines is 2. The van der Waals surface area contributed by atoms with Crippen LogP contribution in [0.1, 0.15) is 12.2 Å². The van der Waals surface area contributed by atoms with Crippen LogP contribution in [-0.4, -0.2) is 77.5 Å². The third-order valence-corrected chi connectivity index (χ3v) is 6.44. The number of alkyl halides is 3. The molecule has 1 saturated heterocycles. The molecule has 2 aromatic carbocycles. The van der Waals surface area contributed by atoms with E-state index in [1.54, 1.807) is 30.1 Å². The van der Waals surface area contributed by atoms with E-state index in [2.05, 4.69) is 10.1 Å². The monoisotopic (exact) mass is 568 g/mol. The van der Waals surface area contributed by atoms with Crippen molar-refractivity contribution in [3.8, 4) is 11.4 Å². The predicted octanol–water partition coefficient (Wildman–Crippen LogP) is 4.01. The van der Waals surface area contributed by atoms with Crippen molar-refractivity contribution in [1.82, 2.24) is 19.7 Å². The van der Waals surface area contributed by atoms with Crippen molar-refractivity contribution in [1.29, 1.82) is 0 Å². The Kier molecular flexibility index (Phi) is 8.28. The van der Waals surface area contributed by atoms with Crippen molar-refractivity contribution < 1.29 is 31.9 Å². The van der Waals surface area contributed by atoms with Crippen LogP contribution in [-0.2, 0) is 9.59 Å². The van der Waals surface area contributed by atoms with E-state index in [0.29, 0.717) is 35.3 Å². The van der Waals surface area contributed by atoms with Gasteiger partial charge in [0.25, 0.3) is 0 Å². The van der Waals surface area contributed by atoms with Gasteiger partial charge in [-0.05, 0) is 37.3 Å². The topological polar surface area (TPSA) is 83.8 Å². The minimum atomic E-state index is -4.73.